The average Bonchev–Trinajstić information content (AvgIpc) is 2.22. The Hall–Kier alpha value is 0.0900. The van der Waals surface area contributed by atoms with E-state index in [0.29, 0.717) is 0 Å². The summed E-state index contributed by atoms with van der Waals surface area (Å²) in [6, 6.07) is 0. The van der Waals surface area contributed by atoms with Crippen LogP contribution >= 0.6 is 8.15 Å². The number of rotatable bonds is 9. The summed E-state index contributed by atoms with van der Waals surface area (Å²) in [5.74, 6) is 0. The number of unbranched alkanes of at least 4 members (excludes halogenated alkanes) is 2. The summed E-state index contributed by atoms with van der Waals surface area (Å²) in [5.41, 5.74) is -0.105. The van der Waals surface area contributed by atoms with E-state index in [9.17, 15) is 5.11 Å². The van der Waals surface area contributed by atoms with Crippen molar-refractivity contribution in [3.63, 3.8) is 0 Å². The zero-order valence-corrected chi connectivity index (χ0v) is 13.0. The Morgan fingerprint density at radius 3 is 2.41 bits per heavy atom. The highest BCUT2D eigenvalue weighted by molar-refractivity contribution is 7.50. The van der Waals surface area contributed by atoms with Crippen LogP contribution in [-0.2, 0) is 4.52 Å². The van der Waals surface area contributed by atoms with Crippen LogP contribution in [-0.4, -0.2) is 31.1 Å². The minimum Gasteiger partial charge on any atom is -0.392 e. The molecule has 1 atom stereocenters. The van der Waals surface area contributed by atoms with E-state index >= 15 is 0 Å². The van der Waals surface area contributed by atoms with Crippen molar-refractivity contribution in [1.82, 2.24) is 0 Å². The van der Waals surface area contributed by atoms with Gasteiger partial charge in [-0.1, -0.05) is 38.8 Å². The minimum absolute atomic E-state index is 0.105. The van der Waals surface area contributed by atoms with Crippen molar-refractivity contribution in [2.24, 2.45) is 5.41 Å². The molecular formula is C14H29O2P. The maximum absolute atomic E-state index is 10.1. The molecule has 0 saturated heterocycles. The van der Waals surface area contributed by atoms with E-state index in [1.54, 1.807) is 0 Å². The molecule has 1 unspecified atom stereocenters. The van der Waals surface area contributed by atoms with Gasteiger partial charge >= 0.3 is 0 Å². The lowest BCUT2D eigenvalue weighted by Crippen LogP contribution is -2.27. The molecule has 0 spiro atoms. The summed E-state index contributed by atoms with van der Waals surface area (Å²) in [4.78, 5) is 0. The molecule has 0 aliphatic rings. The Balaban J connectivity index is 3.61. The van der Waals surface area contributed by atoms with Gasteiger partial charge in [0.05, 0.1) is 12.7 Å². The Kier molecular flexibility index (Phi) is 9.13. The van der Waals surface area contributed by atoms with Crippen molar-refractivity contribution >= 4 is 8.15 Å². The molecule has 2 nitrogen and oxygen atoms in total. The van der Waals surface area contributed by atoms with Gasteiger partial charge in [0.2, 0.25) is 0 Å². The molecule has 102 valence electrons. The molecule has 0 bridgehead atoms. The first-order valence-electron chi connectivity index (χ1n) is 6.52. The number of aliphatic hydroxyl groups is 1. The highest BCUT2D eigenvalue weighted by atomic mass is 31.1. The van der Waals surface area contributed by atoms with E-state index in [0.717, 1.165) is 32.3 Å². The molecule has 0 aliphatic carbocycles. The number of hydrogen-bond acceptors (Lipinski definition) is 2. The third kappa shape index (κ3) is 8.77. The fourth-order valence-electron chi connectivity index (χ4n) is 1.78. The predicted molar refractivity (Wildman–Crippen MR) is 77.8 cm³/mol. The molecule has 0 aromatic carbocycles. The van der Waals surface area contributed by atoms with E-state index in [4.69, 9.17) is 4.52 Å². The van der Waals surface area contributed by atoms with Crippen molar-refractivity contribution in [3.8, 4) is 0 Å². The lowest BCUT2D eigenvalue weighted by Gasteiger charge is -2.27. The number of aliphatic hydroxyl groups excluding tert-OH is 1. The fourth-order valence-corrected chi connectivity index (χ4v) is 2.27. The second kappa shape index (κ2) is 9.08. The predicted octanol–water partition coefficient (Wildman–Crippen LogP) is 4.18. The zero-order chi connectivity index (χ0) is 13.3. The lowest BCUT2D eigenvalue weighted by molar-refractivity contribution is 0.0710. The Morgan fingerprint density at radius 1 is 1.24 bits per heavy atom. The molecule has 0 radical (unpaired) electrons. The summed E-state index contributed by atoms with van der Waals surface area (Å²) in [7, 11) is -0.216. The molecule has 0 fully saturated rings. The molecule has 0 aromatic heterocycles. The largest absolute Gasteiger partial charge is 0.392 e. The third-order valence-electron chi connectivity index (χ3n) is 2.93. The summed E-state index contributed by atoms with van der Waals surface area (Å²) in [6.45, 7) is 11.3. The molecule has 1 N–H and O–H groups in total. The second-order valence-electron chi connectivity index (χ2n) is 5.33. The van der Waals surface area contributed by atoms with E-state index in [-0.39, 0.29) is 19.7 Å². The van der Waals surface area contributed by atoms with Crippen LogP contribution in [0.4, 0.5) is 0 Å². The van der Waals surface area contributed by atoms with Gasteiger partial charge in [0.25, 0.3) is 0 Å². The van der Waals surface area contributed by atoms with Gasteiger partial charge in [-0.3, -0.25) is 0 Å². The van der Waals surface area contributed by atoms with Gasteiger partial charge in [0.15, 0.2) is 0 Å². The fraction of sp³-hybridized carbons (Fsp3) is 0.857. The topological polar surface area (TPSA) is 29.5 Å². The summed E-state index contributed by atoms with van der Waals surface area (Å²) in [6.07, 6.45) is 8.07. The van der Waals surface area contributed by atoms with Crippen molar-refractivity contribution in [2.75, 3.05) is 19.9 Å². The van der Waals surface area contributed by atoms with Gasteiger partial charge in [-0.05, 0) is 33.1 Å². The van der Waals surface area contributed by atoms with Crippen molar-refractivity contribution in [1.29, 1.82) is 0 Å². The summed E-state index contributed by atoms with van der Waals surface area (Å²) in [5, 5.41) is 10.1. The Morgan fingerprint density at radius 2 is 1.88 bits per heavy atom. The standard InChI is InChI=1S/C14H29O2P/c1-6-11-14(2,3)13(15)10-8-7-9-12-16-17(4)5/h6,11,13,15H,7-10,12H2,1-5H3. The summed E-state index contributed by atoms with van der Waals surface area (Å²) >= 11 is 0. The van der Waals surface area contributed by atoms with Gasteiger partial charge in [0.1, 0.15) is 0 Å². The van der Waals surface area contributed by atoms with Crippen LogP contribution in [0.5, 0.6) is 0 Å². The molecule has 0 aliphatic heterocycles. The van der Waals surface area contributed by atoms with Crippen molar-refractivity contribution < 1.29 is 9.63 Å². The van der Waals surface area contributed by atoms with E-state index in [2.05, 4.69) is 33.3 Å². The van der Waals surface area contributed by atoms with Crippen LogP contribution in [0.1, 0.15) is 46.5 Å². The van der Waals surface area contributed by atoms with Crippen molar-refractivity contribution in [2.45, 2.75) is 52.6 Å². The van der Waals surface area contributed by atoms with Crippen LogP contribution in [0.2, 0.25) is 0 Å². The summed E-state index contributed by atoms with van der Waals surface area (Å²) < 4.78 is 5.55. The quantitative estimate of drug-likeness (QED) is 0.383. The van der Waals surface area contributed by atoms with Gasteiger partial charge in [0, 0.05) is 13.6 Å². The average molecular weight is 260 g/mol. The molecule has 3 heteroatoms. The smallest absolute Gasteiger partial charge is 0.0625 e. The monoisotopic (exact) mass is 260 g/mol. The lowest BCUT2D eigenvalue weighted by atomic mass is 9.83. The molecule has 0 amide bonds. The number of hydrogen-bond donors (Lipinski definition) is 1. The molecule has 0 saturated carbocycles. The van der Waals surface area contributed by atoms with E-state index in [1.165, 1.54) is 0 Å². The first kappa shape index (κ1) is 17.1. The molecule has 0 aromatic rings. The molecule has 0 rings (SSSR count). The Bertz CT molecular complexity index is 212. The molecule has 17 heavy (non-hydrogen) atoms. The highest BCUT2D eigenvalue weighted by Gasteiger charge is 2.23. The minimum atomic E-state index is -0.242. The zero-order valence-electron chi connectivity index (χ0n) is 12.1. The van der Waals surface area contributed by atoms with Gasteiger partial charge in [-0.15, -0.1) is 0 Å². The van der Waals surface area contributed by atoms with Crippen LogP contribution < -0.4 is 0 Å². The number of allylic oxidation sites excluding steroid dienone is 1. The van der Waals surface area contributed by atoms with Crippen LogP contribution in [0.3, 0.4) is 0 Å². The SMILES string of the molecule is CC=CC(C)(C)C(O)CCCCCOP(C)C. The first-order chi connectivity index (χ1) is 7.90. The van der Waals surface area contributed by atoms with Crippen molar-refractivity contribution in [3.05, 3.63) is 12.2 Å². The second-order valence-corrected chi connectivity index (χ2v) is 7.22. The Labute approximate surface area is 108 Å². The van der Waals surface area contributed by atoms with E-state index < -0.39 is 0 Å². The molecular weight excluding hydrogens is 231 g/mol. The van der Waals surface area contributed by atoms with Crippen LogP contribution in [0, 0.1) is 5.41 Å². The van der Waals surface area contributed by atoms with Gasteiger partial charge < -0.3 is 9.63 Å². The molecule has 0 heterocycles. The normalized spacial score (nSPS) is 14.8. The van der Waals surface area contributed by atoms with Gasteiger partial charge in [-0.2, -0.15) is 0 Å². The van der Waals surface area contributed by atoms with Crippen LogP contribution in [0.15, 0.2) is 12.2 Å². The third-order valence-corrected chi connectivity index (χ3v) is 3.63. The highest BCUT2D eigenvalue weighted by Crippen LogP contribution is 2.27. The first-order valence-corrected chi connectivity index (χ1v) is 8.67. The van der Waals surface area contributed by atoms with Crippen LogP contribution in [0.25, 0.3) is 0 Å². The van der Waals surface area contributed by atoms with E-state index in [1.807, 2.05) is 13.0 Å². The maximum Gasteiger partial charge on any atom is 0.0625 e. The maximum atomic E-state index is 10.1. The van der Waals surface area contributed by atoms with Gasteiger partial charge in [-0.25, -0.2) is 0 Å².